The summed E-state index contributed by atoms with van der Waals surface area (Å²) in [5.41, 5.74) is 1.34. The van der Waals surface area contributed by atoms with Crippen LogP contribution < -0.4 is 10.1 Å². The molecule has 1 saturated carbocycles. The van der Waals surface area contributed by atoms with E-state index in [2.05, 4.69) is 17.4 Å². The molecule has 3 rings (SSSR count). The molecular formula is C21H21Cl2NO4. The van der Waals surface area contributed by atoms with Crippen molar-refractivity contribution in [3.8, 4) is 5.75 Å². The number of carboxylic acid groups (broad SMARTS) is 1. The molecule has 0 unspecified atom stereocenters. The first kappa shape index (κ1) is 20.5. The normalized spacial score (nSPS) is 14.5. The summed E-state index contributed by atoms with van der Waals surface area (Å²) in [6.45, 7) is -0.218. The van der Waals surface area contributed by atoms with Crippen LogP contribution in [-0.4, -0.2) is 23.6 Å². The fraction of sp³-hybridized carbons (Fsp3) is 0.333. The number of benzene rings is 2. The van der Waals surface area contributed by atoms with Crippen LogP contribution in [-0.2, 0) is 4.79 Å². The second-order valence-corrected chi connectivity index (χ2v) is 7.67. The predicted octanol–water partition coefficient (Wildman–Crippen LogP) is 5.76. The van der Waals surface area contributed by atoms with Gasteiger partial charge >= 0.3 is 5.97 Å². The summed E-state index contributed by atoms with van der Waals surface area (Å²) in [6.07, 6.45) is 6.32. The van der Waals surface area contributed by atoms with Gasteiger partial charge in [-0.15, -0.1) is 0 Å². The van der Waals surface area contributed by atoms with Crippen LogP contribution in [0.2, 0.25) is 10.0 Å². The van der Waals surface area contributed by atoms with Crippen molar-refractivity contribution in [3.63, 3.8) is 0 Å². The predicted molar refractivity (Wildman–Crippen MR) is 110 cm³/mol. The van der Waals surface area contributed by atoms with Crippen LogP contribution in [0.25, 0.3) is 0 Å². The van der Waals surface area contributed by atoms with E-state index < -0.39 is 11.9 Å². The number of carbonyl (C=O) groups excluding carboxylic acids is 1. The van der Waals surface area contributed by atoms with Crippen LogP contribution in [0.5, 0.6) is 5.75 Å². The fourth-order valence-electron chi connectivity index (χ4n) is 3.42. The first-order chi connectivity index (χ1) is 13.4. The molecule has 0 bridgehead atoms. The maximum Gasteiger partial charge on any atom is 0.337 e. The minimum absolute atomic E-state index is 0.00445. The van der Waals surface area contributed by atoms with Gasteiger partial charge in [0, 0.05) is 0 Å². The average molecular weight is 422 g/mol. The number of halogens is 2. The minimum Gasteiger partial charge on any atom is -0.484 e. The number of ether oxygens (including phenoxy) is 1. The Morgan fingerprint density at radius 1 is 1.04 bits per heavy atom. The topological polar surface area (TPSA) is 75.6 Å². The van der Waals surface area contributed by atoms with E-state index in [4.69, 9.17) is 33.0 Å². The molecule has 0 spiro atoms. The van der Waals surface area contributed by atoms with E-state index in [-0.39, 0.29) is 27.9 Å². The zero-order valence-corrected chi connectivity index (χ0v) is 16.7. The quantitative estimate of drug-likeness (QED) is 0.621. The maximum absolute atomic E-state index is 12.1. The van der Waals surface area contributed by atoms with E-state index in [1.165, 1.54) is 49.8 Å². The van der Waals surface area contributed by atoms with Crippen LogP contribution in [0.4, 0.5) is 5.69 Å². The van der Waals surface area contributed by atoms with Gasteiger partial charge < -0.3 is 15.2 Å². The number of anilines is 1. The number of hydrogen-bond donors (Lipinski definition) is 2. The molecule has 28 heavy (non-hydrogen) atoms. The Labute approximate surface area is 173 Å². The summed E-state index contributed by atoms with van der Waals surface area (Å²) in [4.78, 5) is 23.3. The molecule has 5 nitrogen and oxygen atoms in total. The summed E-state index contributed by atoms with van der Waals surface area (Å²) in [5.74, 6) is -0.437. The lowest BCUT2D eigenvalue weighted by atomic mass is 9.84. The monoisotopic (exact) mass is 421 g/mol. The largest absolute Gasteiger partial charge is 0.484 e. The van der Waals surface area contributed by atoms with Gasteiger partial charge in [0.05, 0.1) is 21.3 Å². The fourth-order valence-corrected chi connectivity index (χ4v) is 3.93. The summed E-state index contributed by atoms with van der Waals surface area (Å²) >= 11 is 11.9. The van der Waals surface area contributed by atoms with Crippen molar-refractivity contribution < 1.29 is 19.4 Å². The Bertz CT molecular complexity index is 861. The van der Waals surface area contributed by atoms with Crippen LogP contribution >= 0.6 is 23.2 Å². The molecule has 0 heterocycles. The molecule has 1 fully saturated rings. The molecule has 1 aliphatic rings. The van der Waals surface area contributed by atoms with Gasteiger partial charge in [-0.05, 0) is 48.6 Å². The Hall–Kier alpha value is -2.24. The molecule has 0 atom stereocenters. The Kier molecular flexibility index (Phi) is 6.81. The Morgan fingerprint density at radius 3 is 2.36 bits per heavy atom. The summed E-state index contributed by atoms with van der Waals surface area (Å²) < 4.78 is 5.53. The third-order valence-electron chi connectivity index (χ3n) is 4.89. The van der Waals surface area contributed by atoms with E-state index in [1.54, 1.807) is 0 Å². The lowest BCUT2D eigenvalue weighted by Crippen LogP contribution is -2.20. The molecule has 0 radical (unpaired) electrons. The molecule has 2 aromatic rings. The molecule has 0 saturated heterocycles. The Morgan fingerprint density at radius 2 is 1.71 bits per heavy atom. The van der Waals surface area contributed by atoms with Crippen molar-refractivity contribution >= 4 is 40.8 Å². The standard InChI is InChI=1S/C21H21Cl2NO4/c22-17-11-18(23)19(10-16(17)21(26)27)24-20(25)12-28-15-8-6-14(7-9-15)13-4-2-1-3-5-13/h6-11,13H,1-5,12H2,(H,24,25)(H,26,27). The number of rotatable bonds is 6. The third kappa shape index (κ3) is 5.18. The van der Waals surface area contributed by atoms with Crippen molar-refractivity contribution in [2.75, 3.05) is 11.9 Å². The van der Waals surface area contributed by atoms with Crippen LogP contribution in [0, 0.1) is 0 Å². The molecule has 148 valence electrons. The average Bonchev–Trinajstić information content (AvgIpc) is 2.69. The number of hydrogen-bond acceptors (Lipinski definition) is 3. The molecule has 2 aromatic carbocycles. The van der Waals surface area contributed by atoms with Crippen LogP contribution in [0.15, 0.2) is 36.4 Å². The van der Waals surface area contributed by atoms with Gasteiger partial charge in [0.1, 0.15) is 5.75 Å². The lowest BCUT2D eigenvalue weighted by molar-refractivity contribution is -0.118. The first-order valence-electron chi connectivity index (χ1n) is 9.19. The van der Waals surface area contributed by atoms with Crippen molar-refractivity contribution in [1.82, 2.24) is 0 Å². The van der Waals surface area contributed by atoms with Crippen LogP contribution in [0.3, 0.4) is 0 Å². The molecule has 0 aromatic heterocycles. The highest BCUT2D eigenvalue weighted by molar-refractivity contribution is 6.38. The minimum atomic E-state index is -1.20. The van der Waals surface area contributed by atoms with Crippen LogP contribution in [0.1, 0.15) is 53.9 Å². The van der Waals surface area contributed by atoms with E-state index in [0.717, 1.165) is 0 Å². The summed E-state index contributed by atoms with van der Waals surface area (Å²) in [5, 5.41) is 11.8. The van der Waals surface area contributed by atoms with Crippen molar-refractivity contribution in [1.29, 1.82) is 0 Å². The molecular weight excluding hydrogens is 401 g/mol. The second-order valence-electron chi connectivity index (χ2n) is 6.86. The summed E-state index contributed by atoms with van der Waals surface area (Å²) in [6, 6.07) is 10.4. The number of carboxylic acids is 1. The maximum atomic E-state index is 12.1. The Balaban J connectivity index is 1.57. The van der Waals surface area contributed by atoms with Gasteiger partial charge in [0.15, 0.2) is 6.61 Å². The van der Waals surface area contributed by atoms with E-state index >= 15 is 0 Å². The van der Waals surface area contributed by atoms with Crippen molar-refractivity contribution in [2.45, 2.75) is 38.0 Å². The zero-order valence-electron chi connectivity index (χ0n) is 15.2. The molecule has 7 heteroatoms. The van der Waals surface area contributed by atoms with E-state index in [1.807, 2.05) is 12.1 Å². The highest BCUT2D eigenvalue weighted by Gasteiger charge is 2.16. The number of carbonyl (C=O) groups is 2. The lowest BCUT2D eigenvalue weighted by Gasteiger charge is -2.22. The SMILES string of the molecule is O=C(COc1ccc(C2CCCCC2)cc1)Nc1cc(C(=O)O)c(Cl)cc1Cl. The van der Waals surface area contributed by atoms with Gasteiger partial charge in [-0.1, -0.05) is 54.6 Å². The molecule has 1 aliphatic carbocycles. The van der Waals surface area contributed by atoms with Gasteiger partial charge in [0.25, 0.3) is 5.91 Å². The highest BCUT2D eigenvalue weighted by atomic mass is 35.5. The van der Waals surface area contributed by atoms with Crippen molar-refractivity contribution in [3.05, 3.63) is 57.6 Å². The van der Waals surface area contributed by atoms with Crippen molar-refractivity contribution in [2.24, 2.45) is 0 Å². The first-order valence-corrected chi connectivity index (χ1v) is 9.94. The van der Waals surface area contributed by atoms with Gasteiger partial charge in [-0.25, -0.2) is 4.79 Å². The van der Waals surface area contributed by atoms with Gasteiger partial charge in [-0.3, -0.25) is 4.79 Å². The smallest absolute Gasteiger partial charge is 0.337 e. The van der Waals surface area contributed by atoms with E-state index in [9.17, 15) is 9.59 Å². The third-order valence-corrected chi connectivity index (χ3v) is 5.51. The summed E-state index contributed by atoms with van der Waals surface area (Å²) in [7, 11) is 0. The number of aromatic carboxylic acids is 1. The molecule has 2 N–H and O–H groups in total. The van der Waals surface area contributed by atoms with Gasteiger partial charge in [0.2, 0.25) is 0 Å². The number of amides is 1. The van der Waals surface area contributed by atoms with Gasteiger partial charge in [-0.2, -0.15) is 0 Å². The second kappa shape index (κ2) is 9.30. The molecule has 0 aliphatic heterocycles. The highest BCUT2D eigenvalue weighted by Crippen LogP contribution is 2.33. The van der Waals surface area contributed by atoms with E-state index in [0.29, 0.717) is 11.7 Å². The zero-order chi connectivity index (χ0) is 20.1. The number of nitrogens with one attached hydrogen (secondary N) is 1. The molecule has 1 amide bonds.